The number of benzene rings is 6. The van der Waals surface area contributed by atoms with Crippen molar-refractivity contribution in [1.29, 1.82) is 0 Å². The monoisotopic (exact) mass is 617 g/mol. The van der Waals surface area contributed by atoms with E-state index in [4.69, 9.17) is 18.9 Å². The van der Waals surface area contributed by atoms with Gasteiger partial charge in [-0.15, -0.1) is 0 Å². The Morgan fingerprint density at radius 2 is 0.833 bits per heavy atom. The number of ether oxygens (including phenoxy) is 4. The Morgan fingerprint density at radius 3 is 1.21 bits per heavy atom. The molecule has 6 aromatic rings. The summed E-state index contributed by atoms with van der Waals surface area (Å²) in [7, 11) is 6.68. The molecule has 0 radical (unpaired) electrons. The number of rotatable bonds is 8. The van der Waals surface area contributed by atoms with Crippen LogP contribution in [0.4, 0.5) is 0 Å². The van der Waals surface area contributed by atoms with Crippen molar-refractivity contribution in [2.75, 3.05) is 28.4 Å². The molecule has 0 spiro atoms. The molecule has 4 nitrogen and oxygen atoms in total. The first-order chi connectivity index (χ1) is 20.6. The van der Waals surface area contributed by atoms with Crippen LogP contribution in [0.15, 0.2) is 114 Å². The lowest BCUT2D eigenvalue weighted by Crippen LogP contribution is -2.11. The number of hydrogen-bond donors (Lipinski definition) is 0. The standard InChI is InChI=1S/C37H30BrO4/c1-39-29-15-9-16-30(40-2)35(29)34(36-31(41-3)17-10-18-32(36)42-4)24-21-19-23(20-22-24)33-25-11-5-7-13-27(25)37(38)28-14-8-6-12-26(28)33/h5-22H,1-4H3/q+1. The van der Waals surface area contributed by atoms with Crippen LogP contribution in [0.5, 0.6) is 23.0 Å². The average molecular weight is 619 g/mol. The molecule has 208 valence electrons. The van der Waals surface area contributed by atoms with E-state index in [0.717, 1.165) is 32.6 Å². The summed E-state index contributed by atoms with van der Waals surface area (Å²) in [6.07, 6.45) is 0. The Balaban J connectivity index is 1.61. The van der Waals surface area contributed by atoms with Gasteiger partial charge in [-0.3, -0.25) is 0 Å². The Hall–Kier alpha value is -4.61. The van der Waals surface area contributed by atoms with E-state index in [1.165, 1.54) is 27.1 Å². The summed E-state index contributed by atoms with van der Waals surface area (Å²) in [6.45, 7) is 0. The van der Waals surface area contributed by atoms with Crippen LogP contribution in [0.2, 0.25) is 0 Å². The zero-order valence-electron chi connectivity index (χ0n) is 23.9. The summed E-state index contributed by atoms with van der Waals surface area (Å²) in [5.41, 5.74) is 4.92. The fourth-order valence-electron chi connectivity index (χ4n) is 5.80. The largest absolute Gasteiger partial charge is 0.471 e. The third kappa shape index (κ3) is 4.60. The number of halogens is 1. The highest BCUT2D eigenvalue weighted by molar-refractivity contribution is 9.10. The molecule has 0 unspecified atom stereocenters. The summed E-state index contributed by atoms with van der Waals surface area (Å²) in [5.74, 6) is 3.63. The molecule has 6 rings (SSSR count). The smallest absolute Gasteiger partial charge is 0.176 e. The lowest BCUT2D eigenvalue weighted by atomic mass is 9.82. The van der Waals surface area contributed by atoms with Gasteiger partial charge in [0.1, 0.15) is 11.1 Å². The maximum absolute atomic E-state index is 5.87. The van der Waals surface area contributed by atoms with Crippen LogP contribution in [0, 0.1) is 5.92 Å². The molecule has 0 aliphatic carbocycles. The SMILES string of the molecule is COc1cccc(OC)c1[C+](c1ccc(-c2c3ccccc3c(Br)c3ccccc23)cc1)c1c(OC)cccc1OC. The molecule has 5 heteroatoms. The molecule has 0 fully saturated rings. The van der Waals surface area contributed by atoms with Crippen molar-refractivity contribution in [3.05, 3.63) is 136 Å². The number of fused-ring (bicyclic) bond motifs is 2. The van der Waals surface area contributed by atoms with Crippen molar-refractivity contribution in [2.24, 2.45) is 0 Å². The van der Waals surface area contributed by atoms with Gasteiger partial charge in [0.15, 0.2) is 23.0 Å². The van der Waals surface area contributed by atoms with Gasteiger partial charge in [-0.2, -0.15) is 0 Å². The minimum absolute atomic E-state index is 0.686. The zero-order valence-corrected chi connectivity index (χ0v) is 25.5. The summed E-state index contributed by atoms with van der Waals surface area (Å²) in [5, 5.41) is 4.75. The molecule has 0 N–H and O–H groups in total. The molecule has 6 aromatic carbocycles. The second kappa shape index (κ2) is 11.7. The fraction of sp³-hybridized carbons (Fsp3) is 0.108. The fourth-order valence-corrected chi connectivity index (χ4v) is 6.49. The first-order valence-electron chi connectivity index (χ1n) is 13.6. The summed E-state index contributed by atoms with van der Waals surface area (Å²) >= 11 is 3.88. The van der Waals surface area contributed by atoms with E-state index < -0.39 is 0 Å². The van der Waals surface area contributed by atoms with Crippen molar-refractivity contribution < 1.29 is 18.9 Å². The highest BCUT2D eigenvalue weighted by atomic mass is 79.9. The topological polar surface area (TPSA) is 36.9 Å². The van der Waals surface area contributed by atoms with Gasteiger partial charge in [-0.05, 0) is 85.0 Å². The van der Waals surface area contributed by atoms with Crippen LogP contribution in [0.1, 0.15) is 16.7 Å². The Bertz CT molecular complexity index is 1740. The Morgan fingerprint density at radius 1 is 0.452 bits per heavy atom. The second-order valence-electron chi connectivity index (χ2n) is 9.81. The van der Waals surface area contributed by atoms with Crippen molar-refractivity contribution in [3.63, 3.8) is 0 Å². The van der Waals surface area contributed by atoms with Crippen molar-refractivity contribution in [1.82, 2.24) is 0 Å². The van der Waals surface area contributed by atoms with Crippen molar-refractivity contribution >= 4 is 37.5 Å². The van der Waals surface area contributed by atoms with Crippen LogP contribution in [-0.2, 0) is 0 Å². The number of methoxy groups -OCH3 is 4. The highest BCUT2D eigenvalue weighted by Crippen LogP contribution is 2.48. The predicted octanol–water partition coefficient (Wildman–Crippen LogP) is 9.48. The number of hydrogen-bond acceptors (Lipinski definition) is 4. The normalized spacial score (nSPS) is 11.0. The first kappa shape index (κ1) is 27.6. The van der Waals surface area contributed by atoms with Gasteiger partial charge in [0.05, 0.1) is 39.9 Å². The van der Waals surface area contributed by atoms with Gasteiger partial charge < -0.3 is 18.9 Å². The maximum atomic E-state index is 5.87. The quantitative estimate of drug-likeness (QED) is 0.0968. The van der Waals surface area contributed by atoms with Gasteiger partial charge >= 0.3 is 0 Å². The molecule has 0 heterocycles. The van der Waals surface area contributed by atoms with Crippen molar-refractivity contribution in [2.45, 2.75) is 0 Å². The van der Waals surface area contributed by atoms with E-state index in [-0.39, 0.29) is 0 Å². The van der Waals surface area contributed by atoms with Crippen LogP contribution >= 0.6 is 15.9 Å². The minimum atomic E-state index is 0.686. The van der Waals surface area contributed by atoms with Crippen LogP contribution in [0.25, 0.3) is 32.7 Å². The molecule has 0 bridgehead atoms. The van der Waals surface area contributed by atoms with Gasteiger partial charge in [0, 0.05) is 28.7 Å². The van der Waals surface area contributed by atoms with E-state index in [1.807, 2.05) is 36.4 Å². The molecular weight excluding hydrogens is 588 g/mol. The van der Waals surface area contributed by atoms with Gasteiger partial charge in [0.2, 0.25) is 0 Å². The van der Waals surface area contributed by atoms with Gasteiger partial charge in [-0.25, -0.2) is 0 Å². The maximum Gasteiger partial charge on any atom is 0.176 e. The molecule has 0 aliphatic rings. The van der Waals surface area contributed by atoms with Crippen molar-refractivity contribution in [3.8, 4) is 34.1 Å². The van der Waals surface area contributed by atoms with E-state index in [9.17, 15) is 0 Å². The average Bonchev–Trinajstić information content (AvgIpc) is 3.05. The molecule has 42 heavy (non-hydrogen) atoms. The molecule has 0 atom stereocenters. The molecule has 0 aliphatic heterocycles. The Kier molecular flexibility index (Phi) is 7.68. The summed E-state index contributed by atoms with van der Waals surface area (Å²) in [6, 6.07) is 37.3. The van der Waals surface area contributed by atoms with Gasteiger partial charge in [-0.1, -0.05) is 48.5 Å². The van der Waals surface area contributed by atoms with Gasteiger partial charge in [0.25, 0.3) is 0 Å². The van der Waals surface area contributed by atoms with E-state index in [1.54, 1.807) is 28.4 Å². The lowest BCUT2D eigenvalue weighted by Gasteiger charge is -2.21. The third-order valence-electron chi connectivity index (χ3n) is 7.68. The molecule has 0 aromatic heterocycles. The summed E-state index contributed by atoms with van der Waals surface area (Å²) < 4.78 is 24.6. The van der Waals surface area contributed by atoms with Crippen LogP contribution in [0.3, 0.4) is 0 Å². The molecular formula is C37H30BrO4+. The third-order valence-corrected chi connectivity index (χ3v) is 8.54. The van der Waals surface area contributed by atoms with Crippen LogP contribution in [-0.4, -0.2) is 28.4 Å². The highest BCUT2D eigenvalue weighted by Gasteiger charge is 2.36. The predicted molar refractivity (Wildman–Crippen MR) is 174 cm³/mol. The minimum Gasteiger partial charge on any atom is -0.471 e. The van der Waals surface area contributed by atoms with E-state index >= 15 is 0 Å². The molecule has 0 amide bonds. The lowest BCUT2D eigenvalue weighted by molar-refractivity contribution is 0.382. The Labute approximate surface area is 254 Å². The van der Waals surface area contributed by atoms with Crippen LogP contribution < -0.4 is 18.9 Å². The van der Waals surface area contributed by atoms with E-state index in [2.05, 4.69) is 88.7 Å². The molecule has 0 saturated carbocycles. The zero-order chi connectivity index (χ0) is 29.2. The van der Waals surface area contributed by atoms with E-state index in [0.29, 0.717) is 23.0 Å². The summed E-state index contributed by atoms with van der Waals surface area (Å²) in [4.78, 5) is 0. The first-order valence-corrected chi connectivity index (χ1v) is 14.4. The molecule has 0 saturated heterocycles. The second-order valence-corrected chi connectivity index (χ2v) is 10.6.